The number of aromatic nitrogens is 3. The van der Waals surface area contributed by atoms with Gasteiger partial charge < -0.3 is 15.9 Å². The van der Waals surface area contributed by atoms with E-state index in [1.807, 2.05) is 0 Å². The van der Waals surface area contributed by atoms with E-state index in [2.05, 4.69) is 10.1 Å². The summed E-state index contributed by atoms with van der Waals surface area (Å²) >= 11 is 0. The lowest BCUT2D eigenvalue weighted by Gasteiger charge is -2.05. The summed E-state index contributed by atoms with van der Waals surface area (Å²) in [6, 6.07) is -0.215. The van der Waals surface area contributed by atoms with Crippen LogP contribution in [0, 0.1) is 0 Å². The van der Waals surface area contributed by atoms with Crippen LogP contribution in [0.1, 0.15) is 18.8 Å². The Morgan fingerprint density at radius 2 is 2.38 bits per heavy atom. The second-order valence-electron chi connectivity index (χ2n) is 2.95. The predicted molar refractivity (Wildman–Crippen MR) is 45.7 cm³/mol. The smallest absolute Gasteiger partial charge is 0.166 e. The number of nitrogens with two attached hydrogens (primary N) is 1. The maximum atomic E-state index is 9.09. The second-order valence-corrected chi connectivity index (χ2v) is 2.95. The Balaban J connectivity index is 2.58. The van der Waals surface area contributed by atoms with Crippen molar-refractivity contribution in [2.75, 3.05) is 6.61 Å². The van der Waals surface area contributed by atoms with Crippen LogP contribution in [0.25, 0.3) is 0 Å². The van der Waals surface area contributed by atoms with E-state index in [9.17, 15) is 0 Å². The number of nitrogens with zero attached hydrogens (tertiary/aromatic N) is 3. The molecule has 0 spiro atoms. The molecule has 1 aromatic rings. The van der Waals surface area contributed by atoms with Gasteiger partial charge in [0.25, 0.3) is 0 Å². The Labute approximate surface area is 76.0 Å². The fourth-order valence-corrected chi connectivity index (χ4v) is 0.879. The largest absolute Gasteiger partial charge is 0.394 e. The van der Waals surface area contributed by atoms with E-state index in [0.29, 0.717) is 5.82 Å². The second kappa shape index (κ2) is 4.31. The third-order valence-electron chi connectivity index (χ3n) is 1.57. The number of hydrogen-bond acceptors (Lipinski definition) is 5. The lowest BCUT2D eigenvalue weighted by atomic mass is 10.3. The van der Waals surface area contributed by atoms with Crippen molar-refractivity contribution in [2.45, 2.75) is 25.6 Å². The van der Waals surface area contributed by atoms with Crippen molar-refractivity contribution in [2.24, 2.45) is 5.73 Å². The van der Waals surface area contributed by atoms with E-state index < -0.39 is 6.10 Å². The molecule has 4 N–H and O–H groups in total. The van der Waals surface area contributed by atoms with Crippen molar-refractivity contribution in [3.63, 3.8) is 0 Å². The van der Waals surface area contributed by atoms with E-state index in [4.69, 9.17) is 15.9 Å². The summed E-state index contributed by atoms with van der Waals surface area (Å²) in [6.07, 6.45) is 0.681. The van der Waals surface area contributed by atoms with Gasteiger partial charge in [0, 0.05) is 0 Å². The molecule has 74 valence electrons. The van der Waals surface area contributed by atoms with Gasteiger partial charge in [-0.1, -0.05) is 0 Å². The maximum Gasteiger partial charge on any atom is 0.166 e. The summed E-state index contributed by atoms with van der Waals surface area (Å²) in [5.41, 5.74) is 5.54. The number of aliphatic hydroxyl groups excluding tert-OH is 2. The van der Waals surface area contributed by atoms with E-state index in [1.165, 1.54) is 11.0 Å². The Morgan fingerprint density at radius 1 is 1.69 bits per heavy atom. The molecule has 0 fully saturated rings. The molecular formula is C7H14N4O2. The number of rotatable bonds is 4. The topological polar surface area (TPSA) is 97.2 Å². The van der Waals surface area contributed by atoms with Crippen LogP contribution in [0.5, 0.6) is 0 Å². The zero-order chi connectivity index (χ0) is 9.84. The van der Waals surface area contributed by atoms with Crippen molar-refractivity contribution in [3.8, 4) is 0 Å². The first-order chi connectivity index (χ1) is 6.13. The van der Waals surface area contributed by atoms with Crippen LogP contribution >= 0.6 is 0 Å². The first-order valence-corrected chi connectivity index (χ1v) is 4.07. The lowest BCUT2D eigenvalue weighted by molar-refractivity contribution is 0.0780. The maximum absolute atomic E-state index is 9.09. The predicted octanol–water partition coefficient (Wildman–Crippen LogP) is -1.35. The highest BCUT2D eigenvalue weighted by molar-refractivity contribution is 4.87. The number of aliphatic hydroxyl groups is 2. The Hall–Kier alpha value is -0.980. The van der Waals surface area contributed by atoms with Gasteiger partial charge in [-0.05, 0) is 6.92 Å². The third-order valence-corrected chi connectivity index (χ3v) is 1.57. The van der Waals surface area contributed by atoms with Crippen molar-refractivity contribution >= 4 is 0 Å². The van der Waals surface area contributed by atoms with Crippen molar-refractivity contribution < 1.29 is 10.2 Å². The van der Waals surface area contributed by atoms with Crippen LogP contribution in [-0.2, 0) is 6.54 Å². The molecular weight excluding hydrogens is 172 g/mol. The SMILES string of the molecule is CC(N)c1ncn(CC(O)CO)n1. The first-order valence-electron chi connectivity index (χ1n) is 4.07. The van der Waals surface area contributed by atoms with Gasteiger partial charge in [0.05, 0.1) is 25.3 Å². The van der Waals surface area contributed by atoms with E-state index in [-0.39, 0.29) is 19.2 Å². The summed E-state index contributed by atoms with van der Waals surface area (Å²) in [5, 5.41) is 21.7. The molecule has 0 bridgehead atoms. The first kappa shape index (κ1) is 10.1. The quantitative estimate of drug-likeness (QED) is 0.540. The highest BCUT2D eigenvalue weighted by Crippen LogP contribution is 2.01. The van der Waals surface area contributed by atoms with Crippen LogP contribution in [0.3, 0.4) is 0 Å². The van der Waals surface area contributed by atoms with Crippen LogP contribution in [0.2, 0.25) is 0 Å². The fourth-order valence-electron chi connectivity index (χ4n) is 0.879. The summed E-state index contributed by atoms with van der Waals surface area (Å²) < 4.78 is 1.46. The van der Waals surface area contributed by atoms with Crippen molar-refractivity contribution in [3.05, 3.63) is 12.2 Å². The molecule has 0 aliphatic rings. The monoisotopic (exact) mass is 186 g/mol. The van der Waals surface area contributed by atoms with Gasteiger partial charge in [-0.25, -0.2) is 9.67 Å². The molecule has 0 aromatic carbocycles. The average Bonchev–Trinajstić information content (AvgIpc) is 2.52. The van der Waals surface area contributed by atoms with Crippen LogP contribution in [-0.4, -0.2) is 37.7 Å². The minimum atomic E-state index is -0.803. The van der Waals surface area contributed by atoms with Gasteiger partial charge in [-0.2, -0.15) is 5.10 Å². The van der Waals surface area contributed by atoms with Crippen LogP contribution in [0.15, 0.2) is 6.33 Å². The van der Waals surface area contributed by atoms with E-state index in [1.54, 1.807) is 6.92 Å². The van der Waals surface area contributed by atoms with Gasteiger partial charge in [0.15, 0.2) is 5.82 Å². The molecule has 1 aromatic heterocycles. The molecule has 0 aliphatic heterocycles. The van der Waals surface area contributed by atoms with E-state index >= 15 is 0 Å². The molecule has 13 heavy (non-hydrogen) atoms. The van der Waals surface area contributed by atoms with Gasteiger partial charge in [-0.15, -0.1) is 0 Å². The lowest BCUT2D eigenvalue weighted by Crippen LogP contribution is -2.20. The zero-order valence-corrected chi connectivity index (χ0v) is 7.46. The molecule has 0 aliphatic carbocycles. The molecule has 2 atom stereocenters. The molecule has 6 heteroatoms. The summed E-state index contributed by atoms with van der Waals surface area (Å²) in [6.45, 7) is 1.73. The van der Waals surface area contributed by atoms with Gasteiger partial charge >= 0.3 is 0 Å². The van der Waals surface area contributed by atoms with Crippen LogP contribution in [0.4, 0.5) is 0 Å². The third kappa shape index (κ3) is 2.76. The Kier molecular flexibility index (Phi) is 3.35. The van der Waals surface area contributed by atoms with Crippen LogP contribution < -0.4 is 5.73 Å². The summed E-state index contributed by atoms with van der Waals surface area (Å²) in [7, 11) is 0. The normalized spacial score (nSPS) is 15.7. The molecule has 1 heterocycles. The van der Waals surface area contributed by atoms with Gasteiger partial charge in [0.1, 0.15) is 6.33 Å². The zero-order valence-electron chi connectivity index (χ0n) is 7.46. The van der Waals surface area contributed by atoms with E-state index in [0.717, 1.165) is 0 Å². The summed E-state index contributed by atoms with van der Waals surface area (Å²) in [5.74, 6) is 0.533. The average molecular weight is 186 g/mol. The molecule has 0 saturated heterocycles. The molecule has 6 nitrogen and oxygen atoms in total. The highest BCUT2D eigenvalue weighted by atomic mass is 16.3. The molecule has 0 radical (unpaired) electrons. The standard InChI is InChI=1S/C7H14N4O2/c1-5(8)7-9-4-11(10-7)2-6(13)3-12/h4-6,12-13H,2-3,8H2,1H3. The number of hydrogen-bond donors (Lipinski definition) is 3. The highest BCUT2D eigenvalue weighted by Gasteiger charge is 2.08. The van der Waals surface area contributed by atoms with Gasteiger partial charge in [0.2, 0.25) is 0 Å². The fraction of sp³-hybridized carbons (Fsp3) is 0.714. The minimum absolute atomic E-state index is 0.215. The Bertz CT molecular complexity index is 261. The van der Waals surface area contributed by atoms with Crippen molar-refractivity contribution in [1.29, 1.82) is 0 Å². The molecule has 0 saturated carbocycles. The van der Waals surface area contributed by atoms with Crippen molar-refractivity contribution in [1.82, 2.24) is 14.8 Å². The summed E-state index contributed by atoms with van der Waals surface area (Å²) in [4.78, 5) is 3.94. The molecule has 2 unspecified atom stereocenters. The van der Waals surface area contributed by atoms with Gasteiger partial charge in [-0.3, -0.25) is 0 Å². The molecule has 0 amide bonds. The minimum Gasteiger partial charge on any atom is -0.394 e. The Morgan fingerprint density at radius 3 is 2.85 bits per heavy atom. The molecule has 1 rings (SSSR count).